The van der Waals surface area contributed by atoms with Gasteiger partial charge in [-0.3, -0.25) is 0 Å². The van der Waals surface area contributed by atoms with E-state index in [4.69, 9.17) is 5.14 Å². The van der Waals surface area contributed by atoms with E-state index in [1.807, 2.05) is 24.3 Å². The van der Waals surface area contributed by atoms with Gasteiger partial charge in [0.05, 0.1) is 17.6 Å². The highest BCUT2D eigenvalue weighted by molar-refractivity contribution is 9.10. The average Bonchev–Trinajstić information content (AvgIpc) is 2.59. The molecule has 7 heteroatoms. The van der Waals surface area contributed by atoms with Crippen molar-refractivity contribution in [1.82, 2.24) is 9.78 Å². The zero-order valence-electron chi connectivity index (χ0n) is 8.96. The highest BCUT2D eigenvalue weighted by Crippen LogP contribution is 2.19. The molecule has 2 rings (SSSR count). The minimum absolute atomic E-state index is 0.0393. The second-order valence-electron chi connectivity index (χ2n) is 3.53. The van der Waals surface area contributed by atoms with Gasteiger partial charge >= 0.3 is 0 Å². The van der Waals surface area contributed by atoms with E-state index in [0.29, 0.717) is 5.69 Å². The van der Waals surface area contributed by atoms with E-state index in [1.165, 1.54) is 10.9 Å². The molecule has 0 unspecified atom stereocenters. The summed E-state index contributed by atoms with van der Waals surface area (Å²) in [5.74, 6) is 0. The highest BCUT2D eigenvalue weighted by atomic mass is 79.9. The molecule has 0 atom stereocenters. The second kappa shape index (κ2) is 4.25. The van der Waals surface area contributed by atoms with Crippen molar-refractivity contribution in [1.29, 1.82) is 0 Å². The van der Waals surface area contributed by atoms with Crippen molar-refractivity contribution in [2.24, 2.45) is 5.14 Å². The zero-order chi connectivity index (χ0) is 12.6. The van der Waals surface area contributed by atoms with Crippen LogP contribution in [0.25, 0.3) is 5.69 Å². The second-order valence-corrected chi connectivity index (χ2v) is 5.98. The maximum Gasteiger partial charge on any atom is 0.241 e. The van der Waals surface area contributed by atoms with Gasteiger partial charge in [-0.25, -0.2) is 18.2 Å². The number of benzene rings is 1. The van der Waals surface area contributed by atoms with Crippen molar-refractivity contribution in [3.8, 4) is 5.69 Å². The maximum absolute atomic E-state index is 11.3. The van der Waals surface area contributed by atoms with Crippen molar-refractivity contribution in [3.05, 3.63) is 40.6 Å². The summed E-state index contributed by atoms with van der Waals surface area (Å²) in [6.45, 7) is 1.66. The minimum atomic E-state index is -3.73. The predicted octanol–water partition coefficient (Wildman–Crippen LogP) is 1.59. The third-order valence-electron chi connectivity index (χ3n) is 2.32. The number of nitrogens with two attached hydrogens (primary N) is 1. The van der Waals surface area contributed by atoms with Crippen LogP contribution >= 0.6 is 15.9 Å². The number of halogens is 1. The van der Waals surface area contributed by atoms with Gasteiger partial charge in [0, 0.05) is 4.47 Å². The quantitative estimate of drug-likeness (QED) is 0.914. The molecule has 0 aliphatic rings. The summed E-state index contributed by atoms with van der Waals surface area (Å²) in [5.41, 5.74) is 1.26. The van der Waals surface area contributed by atoms with Gasteiger partial charge in [-0.1, -0.05) is 22.0 Å². The van der Waals surface area contributed by atoms with Gasteiger partial charge in [-0.2, -0.15) is 5.10 Å². The Hall–Kier alpha value is -1.18. The Balaban J connectivity index is 2.60. The molecule has 90 valence electrons. The fourth-order valence-corrected chi connectivity index (χ4v) is 2.62. The van der Waals surface area contributed by atoms with Gasteiger partial charge in [-0.15, -0.1) is 0 Å². The SMILES string of the molecule is Cc1c(S(N)(=O)=O)cnn1-c1cccc(Br)c1. The van der Waals surface area contributed by atoms with Crippen LogP contribution in [-0.4, -0.2) is 18.2 Å². The van der Waals surface area contributed by atoms with E-state index >= 15 is 0 Å². The lowest BCUT2D eigenvalue weighted by Crippen LogP contribution is -2.13. The summed E-state index contributed by atoms with van der Waals surface area (Å²) in [5, 5.41) is 9.12. The Morgan fingerprint density at radius 1 is 1.41 bits per heavy atom. The molecular weight excluding hydrogens is 306 g/mol. The Morgan fingerprint density at radius 3 is 2.65 bits per heavy atom. The van der Waals surface area contributed by atoms with E-state index in [0.717, 1.165) is 10.2 Å². The van der Waals surface area contributed by atoms with E-state index in [9.17, 15) is 8.42 Å². The van der Waals surface area contributed by atoms with E-state index < -0.39 is 10.0 Å². The van der Waals surface area contributed by atoms with Crippen LogP contribution in [0, 0.1) is 6.92 Å². The van der Waals surface area contributed by atoms with Crippen LogP contribution in [0.15, 0.2) is 39.8 Å². The number of nitrogens with zero attached hydrogens (tertiary/aromatic N) is 2. The van der Waals surface area contributed by atoms with Gasteiger partial charge in [0.25, 0.3) is 0 Å². The molecular formula is C10H10BrN3O2S. The molecule has 0 bridgehead atoms. The summed E-state index contributed by atoms with van der Waals surface area (Å²) in [6, 6.07) is 7.39. The number of hydrogen-bond acceptors (Lipinski definition) is 3. The number of aromatic nitrogens is 2. The third-order valence-corrected chi connectivity index (χ3v) is 3.83. The molecule has 0 fully saturated rings. The monoisotopic (exact) mass is 315 g/mol. The summed E-state index contributed by atoms with van der Waals surface area (Å²) in [4.78, 5) is 0.0393. The molecule has 5 nitrogen and oxygen atoms in total. The van der Waals surface area contributed by atoms with Crippen molar-refractivity contribution in [3.63, 3.8) is 0 Å². The van der Waals surface area contributed by atoms with Crippen molar-refractivity contribution < 1.29 is 8.42 Å². The normalized spacial score (nSPS) is 11.7. The smallest absolute Gasteiger partial charge is 0.237 e. The Bertz CT molecular complexity index is 664. The zero-order valence-corrected chi connectivity index (χ0v) is 11.4. The van der Waals surface area contributed by atoms with Crippen LogP contribution in [0.5, 0.6) is 0 Å². The first kappa shape index (κ1) is 12.3. The molecule has 0 aliphatic carbocycles. The topological polar surface area (TPSA) is 78.0 Å². The van der Waals surface area contributed by atoms with Crippen LogP contribution < -0.4 is 5.14 Å². The largest absolute Gasteiger partial charge is 0.241 e. The van der Waals surface area contributed by atoms with Crippen LogP contribution in [0.4, 0.5) is 0 Å². The van der Waals surface area contributed by atoms with Crippen LogP contribution in [0.1, 0.15) is 5.69 Å². The summed E-state index contributed by atoms with van der Waals surface area (Å²) >= 11 is 3.35. The Morgan fingerprint density at radius 2 is 2.12 bits per heavy atom. The molecule has 0 spiro atoms. The third kappa shape index (κ3) is 2.41. The number of rotatable bonds is 2. The Kier molecular flexibility index (Phi) is 3.07. The molecule has 0 radical (unpaired) electrons. The lowest BCUT2D eigenvalue weighted by Gasteiger charge is -2.05. The predicted molar refractivity (Wildman–Crippen MR) is 67.4 cm³/mol. The minimum Gasteiger partial charge on any atom is -0.237 e. The molecule has 1 aromatic carbocycles. The number of primary sulfonamides is 1. The molecule has 1 aromatic heterocycles. The van der Waals surface area contributed by atoms with E-state index in [1.54, 1.807) is 6.92 Å². The molecule has 0 saturated heterocycles. The van der Waals surface area contributed by atoms with Gasteiger partial charge < -0.3 is 0 Å². The molecule has 2 N–H and O–H groups in total. The maximum atomic E-state index is 11.3. The lowest BCUT2D eigenvalue weighted by atomic mass is 10.3. The van der Waals surface area contributed by atoms with Crippen molar-refractivity contribution in [2.75, 3.05) is 0 Å². The van der Waals surface area contributed by atoms with E-state index in [2.05, 4.69) is 21.0 Å². The molecule has 1 heterocycles. The van der Waals surface area contributed by atoms with Gasteiger partial charge in [-0.05, 0) is 25.1 Å². The fourth-order valence-electron chi connectivity index (χ4n) is 1.54. The van der Waals surface area contributed by atoms with E-state index in [-0.39, 0.29) is 4.90 Å². The summed E-state index contributed by atoms with van der Waals surface area (Å²) in [6.07, 6.45) is 1.26. The average molecular weight is 316 g/mol. The molecule has 17 heavy (non-hydrogen) atoms. The highest BCUT2D eigenvalue weighted by Gasteiger charge is 2.17. The number of hydrogen-bond donors (Lipinski definition) is 1. The summed E-state index contributed by atoms with van der Waals surface area (Å²) < 4.78 is 25.0. The summed E-state index contributed by atoms with van der Waals surface area (Å²) in [7, 11) is -3.73. The first-order chi connectivity index (χ1) is 7.89. The Labute approximate surface area is 107 Å². The van der Waals surface area contributed by atoms with Crippen LogP contribution in [0.2, 0.25) is 0 Å². The van der Waals surface area contributed by atoms with Crippen LogP contribution in [-0.2, 0) is 10.0 Å². The first-order valence-electron chi connectivity index (χ1n) is 4.73. The molecule has 0 aliphatic heterocycles. The molecule has 0 amide bonds. The van der Waals surface area contributed by atoms with Crippen molar-refractivity contribution >= 4 is 26.0 Å². The standard InChI is InChI=1S/C10H10BrN3O2S/c1-7-10(17(12,15)16)6-13-14(7)9-4-2-3-8(11)5-9/h2-6H,1H3,(H2,12,15,16). The lowest BCUT2D eigenvalue weighted by molar-refractivity contribution is 0.597. The van der Waals surface area contributed by atoms with Gasteiger partial charge in [0.1, 0.15) is 4.90 Å². The number of sulfonamides is 1. The van der Waals surface area contributed by atoms with Crippen molar-refractivity contribution in [2.45, 2.75) is 11.8 Å². The van der Waals surface area contributed by atoms with Gasteiger partial charge in [0.2, 0.25) is 10.0 Å². The first-order valence-corrected chi connectivity index (χ1v) is 7.07. The van der Waals surface area contributed by atoms with Gasteiger partial charge in [0.15, 0.2) is 0 Å². The van der Waals surface area contributed by atoms with Crippen LogP contribution in [0.3, 0.4) is 0 Å². The molecule has 2 aromatic rings. The fraction of sp³-hybridized carbons (Fsp3) is 0.100. The molecule has 0 saturated carbocycles.